The number of ether oxygens (including phenoxy) is 1. The van der Waals surface area contributed by atoms with Crippen LogP contribution in [-0.2, 0) is 19.1 Å². The number of thiazole rings is 1. The van der Waals surface area contributed by atoms with E-state index < -0.39 is 28.7 Å². The monoisotopic (exact) mass is 454 g/mol. The number of carboxylic acids is 1. The zero-order chi connectivity index (χ0) is 21.6. The first kappa shape index (κ1) is 21.4. The number of carbonyl (C=O) groups excluding carboxylic acids is 2. The van der Waals surface area contributed by atoms with Gasteiger partial charge < -0.3 is 25.8 Å². The number of nitrogens with zero attached hydrogens (tertiary/aromatic N) is 2. The highest BCUT2D eigenvalue weighted by molar-refractivity contribution is 8.01. The highest BCUT2D eigenvalue weighted by atomic mass is 32.2. The lowest BCUT2D eigenvalue weighted by molar-refractivity contribution is -0.161. The van der Waals surface area contributed by atoms with E-state index in [0.717, 1.165) is 19.3 Å². The van der Waals surface area contributed by atoms with Gasteiger partial charge in [-0.05, 0) is 39.5 Å². The fourth-order valence-corrected chi connectivity index (χ4v) is 6.72. The largest absolute Gasteiger partial charge is 0.480 e. The van der Waals surface area contributed by atoms with Crippen LogP contribution in [0.15, 0.2) is 5.38 Å². The van der Waals surface area contributed by atoms with Crippen LogP contribution in [0.2, 0.25) is 0 Å². The summed E-state index contributed by atoms with van der Waals surface area (Å²) in [5.74, 6) is -2.26. The molecule has 4 heterocycles. The van der Waals surface area contributed by atoms with E-state index in [9.17, 15) is 19.5 Å². The van der Waals surface area contributed by atoms with Crippen LogP contribution in [0.1, 0.15) is 51.1 Å². The summed E-state index contributed by atoms with van der Waals surface area (Å²) in [4.78, 5) is 43.3. The Balaban J connectivity index is 1.49. The number of β-lactam (4-membered cyclic amide) rings is 1. The second kappa shape index (κ2) is 8.01. The van der Waals surface area contributed by atoms with Crippen molar-refractivity contribution in [3.8, 4) is 0 Å². The molecule has 4 rings (SSSR count). The van der Waals surface area contributed by atoms with Crippen molar-refractivity contribution in [2.24, 2.45) is 0 Å². The highest BCUT2D eigenvalue weighted by Gasteiger charge is 2.64. The number of nitrogen functional groups attached to an aromatic ring is 1. The van der Waals surface area contributed by atoms with E-state index in [2.05, 4.69) is 10.3 Å². The van der Waals surface area contributed by atoms with Gasteiger partial charge in [0, 0.05) is 16.7 Å². The molecule has 0 radical (unpaired) electrons. The number of rotatable bonds is 6. The van der Waals surface area contributed by atoms with E-state index in [-0.39, 0.29) is 23.3 Å². The van der Waals surface area contributed by atoms with Crippen LogP contribution in [0.25, 0.3) is 0 Å². The number of hydrogen-bond acceptors (Lipinski definition) is 8. The molecule has 0 spiro atoms. The summed E-state index contributed by atoms with van der Waals surface area (Å²) in [5.41, 5.74) is 6.36. The Labute approximate surface area is 182 Å². The number of hydrogen-bond donors (Lipinski definition) is 3. The Morgan fingerprint density at radius 3 is 2.83 bits per heavy atom. The molecule has 2 amide bonds. The zero-order valence-electron chi connectivity index (χ0n) is 16.9. The number of carboxylic acid groups (broad SMARTS) is 1. The van der Waals surface area contributed by atoms with Crippen molar-refractivity contribution in [3.05, 3.63) is 11.1 Å². The average Bonchev–Trinajstić information content (AvgIpc) is 3.23. The summed E-state index contributed by atoms with van der Waals surface area (Å²) in [7, 11) is 0. The summed E-state index contributed by atoms with van der Waals surface area (Å²) in [6, 6.07) is -1.64. The maximum absolute atomic E-state index is 13.2. The van der Waals surface area contributed by atoms with Gasteiger partial charge in [0.2, 0.25) is 11.8 Å². The van der Waals surface area contributed by atoms with E-state index in [1.807, 2.05) is 13.8 Å². The average molecular weight is 455 g/mol. The molecule has 4 N–H and O–H groups in total. The molecule has 9 nitrogen and oxygen atoms in total. The van der Waals surface area contributed by atoms with Crippen molar-refractivity contribution in [2.45, 2.75) is 73.8 Å². The van der Waals surface area contributed by atoms with Crippen LogP contribution in [0, 0.1) is 0 Å². The minimum atomic E-state index is -1.03. The SMILES string of the molecule is CC1(C)S[C@@H]2[C@H](NC(=O)C(CC3CCCCO3)c3csc(N)n3)C(=O)N2[C@H]1C(=O)O. The second-order valence-electron chi connectivity index (χ2n) is 8.47. The summed E-state index contributed by atoms with van der Waals surface area (Å²) >= 11 is 2.68. The Bertz CT molecular complexity index is 854. The van der Waals surface area contributed by atoms with Gasteiger partial charge in [0.25, 0.3) is 0 Å². The van der Waals surface area contributed by atoms with E-state index in [0.29, 0.717) is 23.9 Å². The third-order valence-corrected chi connectivity index (χ3v) is 8.22. The van der Waals surface area contributed by atoms with Crippen LogP contribution < -0.4 is 11.1 Å². The minimum absolute atomic E-state index is 0.0396. The van der Waals surface area contributed by atoms with Crippen molar-refractivity contribution in [3.63, 3.8) is 0 Å². The molecule has 0 aromatic carbocycles. The fourth-order valence-electron chi connectivity index (χ4n) is 4.48. The van der Waals surface area contributed by atoms with Crippen LogP contribution in [0.4, 0.5) is 5.13 Å². The van der Waals surface area contributed by atoms with Gasteiger partial charge in [-0.15, -0.1) is 23.1 Å². The Kier molecular flexibility index (Phi) is 5.71. The van der Waals surface area contributed by atoms with Crippen molar-refractivity contribution in [2.75, 3.05) is 12.3 Å². The van der Waals surface area contributed by atoms with Crippen molar-refractivity contribution >= 4 is 46.0 Å². The Morgan fingerprint density at radius 1 is 1.47 bits per heavy atom. The molecule has 3 saturated heterocycles. The van der Waals surface area contributed by atoms with E-state index in [1.165, 1.54) is 28.0 Å². The molecule has 164 valence electrons. The topological polar surface area (TPSA) is 135 Å². The smallest absolute Gasteiger partial charge is 0.327 e. The van der Waals surface area contributed by atoms with Gasteiger partial charge in [-0.3, -0.25) is 9.59 Å². The number of nitrogens with two attached hydrogens (primary N) is 1. The number of aliphatic carboxylic acids is 1. The normalized spacial score (nSPS) is 31.0. The lowest BCUT2D eigenvalue weighted by atomic mass is 9.92. The van der Waals surface area contributed by atoms with Gasteiger partial charge in [-0.2, -0.15) is 0 Å². The predicted octanol–water partition coefficient (Wildman–Crippen LogP) is 1.40. The molecule has 0 bridgehead atoms. The molecule has 1 aromatic rings. The summed E-state index contributed by atoms with van der Waals surface area (Å²) in [5, 5.41) is 14.2. The standard InChI is InChI=1S/C19H26N4O5S2/c1-19(2)13(17(26)27)23-15(25)12(16(23)30-19)22-14(24)10(11-8-29-18(20)21-11)7-9-5-3-4-6-28-9/h8-10,12-13,16H,3-7H2,1-2H3,(H2,20,21)(H,22,24)(H,26,27)/t9?,10?,12-,13+,16-/m1/s1. The molecule has 2 unspecified atom stereocenters. The first-order chi connectivity index (χ1) is 14.2. The van der Waals surface area contributed by atoms with E-state index >= 15 is 0 Å². The molecule has 11 heteroatoms. The number of fused-ring (bicyclic) bond motifs is 1. The maximum Gasteiger partial charge on any atom is 0.327 e. The summed E-state index contributed by atoms with van der Waals surface area (Å²) in [6.07, 6.45) is 3.39. The molecule has 3 aliphatic rings. The van der Waals surface area contributed by atoms with Crippen molar-refractivity contribution in [1.29, 1.82) is 0 Å². The molecule has 3 fully saturated rings. The number of aromatic nitrogens is 1. The Hall–Kier alpha value is -1.85. The van der Waals surface area contributed by atoms with Gasteiger partial charge in [-0.25, -0.2) is 9.78 Å². The third-order valence-electron chi connectivity index (χ3n) is 5.96. The quantitative estimate of drug-likeness (QED) is 0.549. The van der Waals surface area contributed by atoms with Gasteiger partial charge >= 0.3 is 5.97 Å². The number of anilines is 1. The third kappa shape index (κ3) is 3.78. The highest BCUT2D eigenvalue weighted by Crippen LogP contribution is 2.50. The number of nitrogens with one attached hydrogen (secondary N) is 1. The summed E-state index contributed by atoms with van der Waals surface area (Å²) < 4.78 is 5.18. The molecule has 3 aliphatic heterocycles. The lowest BCUT2D eigenvalue weighted by Gasteiger charge is -2.44. The van der Waals surface area contributed by atoms with Gasteiger partial charge in [0.1, 0.15) is 17.5 Å². The Morgan fingerprint density at radius 2 is 2.23 bits per heavy atom. The van der Waals surface area contributed by atoms with Crippen LogP contribution >= 0.6 is 23.1 Å². The summed E-state index contributed by atoms with van der Waals surface area (Å²) in [6.45, 7) is 4.29. The van der Waals surface area contributed by atoms with Crippen LogP contribution in [0.3, 0.4) is 0 Å². The molecular formula is C19H26N4O5S2. The van der Waals surface area contributed by atoms with Crippen molar-refractivity contribution in [1.82, 2.24) is 15.2 Å². The predicted molar refractivity (Wildman–Crippen MR) is 113 cm³/mol. The maximum atomic E-state index is 13.2. The molecule has 5 atom stereocenters. The van der Waals surface area contributed by atoms with Crippen molar-refractivity contribution < 1.29 is 24.2 Å². The molecule has 30 heavy (non-hydrogen) atoms. The van der Waals surface area contributed by atoms with E-state index in [4.69, 9.17) is 10.5 Å². The molecule has 0 aliphatic carbocycles. The molecule has 1 aromatic heterocycles. The van der Waals surface area contributed by atoms with Gasteiger partial charge in [-0.1, -0.05) is 0 Å². The minimum Gasteiger partial charge on any atom is -0.480 e. The second-order valence-corrected chi connectivity index (χ2v) is 11.1. The number of carbonyl (C=O) groups is 3. The van der Waals surface area contributed by atoms with Gasteiger partial charge in [0.15, 0.2) is 5.13 Å². The van der Waals surface area contributed by atoms with Crippen LogP contribution in [0.5, 0.6) is 0 Å². The van der Waals surface area contributed by atoms with Gasteiger partial charge in [0.05, 0.1) is 17.7 Å². The number of amides is 2. The first-order valence-electron chi connectivity index (χ1n) is 10.0. The van der Waals surface area contributed by atoms with Crippen LogP contribution in [-0.4, -0.2) is 67.7 Å². The van der Waals surface area contributed by atoms with E-state index in [1.54, 1.807) is 5.38 Å². The number of thioether (sulfide) groups is 1. The molecular weight excluding hydrogens is 428 g/mol. The first-order valence-corrected chi connectivity index (χ1v) is 11.8. The zero-order valence-corrected chi connectivity index (χ0v) is 18.5. The fraction of sp³-hybridized carbons (Fsp3) is 0.684. The lowest BCUT2D eigenvalue weighted by Crippen LogP contribution is -2.70. The molecule has 0 saturated carbocycles.